The van der Waals surface area contributed by atoms with Gasteiger partial charge in [0.15, 0.2) is 5.82 Å². The molecular weight excluding hydrogens is 258 g/mol. The second-order valence-electron chi connectivity index (χ2n) is 4.67. The molecule has 3 N–H and O–H groups in total. The highest BCUT2D eigenvalue weighted by Gasteiger charge is 2.16. The Morgan fingerprint density at radius 3 is 2.45 bits per heavy atom. The number of carbonyl (C=O) groups is 2. The number of carbonyl (C=O) groups excluding carboxylic acids is 1. The molecule has 0 aliphatic rings. The van der Waals surface area contributed by atoms with Gasteiger partial charge in [-0.1, -0.05) is 26.0 Å². The first-order valence-corrected chi connectivity index (χ1v) is 6.18. The van der Waals surface area contributed by atoms with Crippen LogP contribution in [0.2, 0.25) is 0 Å². The van der Waals surface area contributed by atoms with Crippen LogP contribution in [0.4, 0.5) is 5.82 Å². The highest BCUT2D eigenvalue weighted by molar-refractivity contribution is 6.10. The van der Waals surface area contributed by atoms with Crippen LogP contribution < -0.4 is 5.32 Å². The SMILES string of the molecule is CC(C)c1cc(NC(=O)c2ccccc2C(=O)O)n[nH]1. The molecule has 104 valence electrons. The number of hydrogen-bond acceptors (Lipinski definition) is 3. The van der Waals surface area contributed by atoms with Crippen LogP contribution in [0.15, 0.2) is 30.3 Å². The molecule has 1 aromatic heterocycles. The molecule has 0 atom stereocenters. The number of nitrogens with zero attached hydrogens (tertiary/aromatic N) is 1. The lowest BCUT2D eigenvalue weighted by molar-refractivity contribution is 0.0692. The summed E-state index contributed by atoms with van der Waals surface area (Å²) in [6, 6.07) is 7.78. The van der Waals surface area contributed by atoms with Gasteiger partial charge in [-0.25, -0.2) is 4.79 Å². The molecule has 6 nitrogen and oxygen atoms in total. The Morgan fingerprint density at radius 2 is 1.90 bits per heavy atom. The zero-order valence-corrected chi connectivity index (χ0v) is 11.2. The largest absolute Gasteiger partial charge is 0.478 e. The van der Waals surface area contributed by atoms with Gasteiger partial charge in [0.1, 0.15) is 0 Å². The second kappa shape index (κ2) is 5.56. The molecule has 0 unspecified atom stereocenters. The van der Waals surface area contributed by atoms with Crippen molar-refractivity contribution in [3.63, 3.8) is 0 Å². The Bertz CT molecular complexity index is 647. The minimum absolute atomic E-state index is 0.0374. The molecular formula is C14H15N3O3. The average Bonchev–Trinajstić information content (AvgIpc) is 2.87. The third-order valence-corrected chi connectivity index (χ3v) is 2.86. The van der Waals surface area contributed by atoms with Gasteiger partial charge in [-0.05, 0) is 18.1 Å². The lowest BCUT2D eigenvalue weighted by atomic mass is 10.1. The van der Waals surface area contributed by atoms with Crippen molar-refractivity contribution in [1.29, 1.82) is 0 Å². The van der Waals surface area contributed by atoms with Crippen LogP contribution in [0.5, 0.6) is 0 Å². The third kappa shape index (κ3) is 2.85. The number of hydrogen-bond donors (Lipinski definition) is 3. The highest BCUT2D eigenvalue weighted by atomic mass is 16.4. The first-order chi connectivity index (χ1) is 9.49. The lowest BCUT2D eigenvalue weighted by Gasteiger charge is -2.05. The first-order valence-electron chi connectivity index (χ1n) is 6.18. The Hall–Kier alpha value is -2.63. The molecule has 1 aromatic carbocycles. The van der Waals surface area contributed by atoms with E-state index in [9.17, 15) is 9.59 Å². The maximum absolute atomic E-state index is 12.1. The molecule has 0 bridgehead atoms. The van der Waals surface area contributed by atoms with Crippen LogP contribution in [-0.4, -0.2) is 27.2 Å². The van der Waals surface area contributed by atoms with Crippen molar-refractivity contribution in [2.75, 3.05) is 5.32 Å². The molecule has 6 heteroatoms. The topological polar surface area (TPSA) is 95.1 Å². The number of H-pyrrole nitrogens is 1. The summed E-state index contributed by atoms with van der Waals surface area (Å²) in [6.07, 6.45) is 0. The number of rotatable bonds is 4. The van der Waals surface area contributed by atoms with E-state index in [1.54, 1.807) is 18.2 Å². The predicted octanol–water partition coefficient (Wildman–Crippen LogP) is 2.48. The van der Waals surface area contributed by atoms with E-state index in [1.807, 2.05) is 13.8 Å². The van der Waals surface area contributed by atoms with Gasteiger partial charge in [-0.2, -0.15) is 5.10 Å². The molecule has 0 saturated heterocycles. The monoisotopic (exact) mass is 273 g/mol. The van der Waals surface area contributed by atoms with Crippen molar-refractivity contribution in [1.82, 2.24) is 10.2 Å². The zero-order valence-electron chi connectivity index (χ0n) is 11.2. The number of aromatic carboxylic acids is 1. The molecule has 0 fully saturated rings. The number of aromatic nitrogens is 2. The molecule has 0 radical (unpaired) electrons. The fourth-order valence-electron chi connectivity index (χ4n) is 1.75. The summed E-state index contributed by atoms with van der Waals surface area (Å²) in [5.41, 5.74) is 0.963. The minimum Gasteiger partial charge on any atom is -0.478 e. The van der Waals surface area contributed by atoms with E-state index in [0.717, 1.165) is 5.69 Å². The van der Waals surface area contributed by atoms with E-state index < -0.39 is 11.9 Å². The Kier molecular flexibility index (Phi) is 3.84. The summed E-state index contributed by atoms with van der Waals surface area (Å²) >= 11 is 0. The standard InChI is InChI=1S/C14H15N3O3/c1-8(2)11-7-12(17-16-11)15-13(18)9-5-3-4-6-10(9)14(19)20/h3-8H,1-2H3,(H,19,20)(H2,15,16,17,18). The van der Waals surface area contributed by atoms with Gasteiger partial charge in [0.25, 0.3) is 5.91 Å². The zero-order chi connectivity index (χ0) is 14.7. The van der Waals surface area contributed by atoms with E-state index in [4.69, 9.17) is 5.11 Å². The van der Waals surface area contributed by atoms with Crippen LogP contribution >= 0.6 is 0 Å². The number of benzene rings is 1. The van der Waals surface area contributed by atoms with Gasteiger partial charge in [0.05, 0.1) is 11.1 Å². The van der Waals surface area contributed by atoms with Crippen LogP contribution in [-0.2, 0) is 0 Å². The Labute approximate surface area is 115 Å². The van der Waals surface area contributed by atoms with Crippen molar-refractivity contribution in [2.45, 2.75) is 19.8 Å². The quantitative estimate of drug-likeness (QED) is 0.797. The van der Waals surface area contributed by atoms with Crippen molar-refractivity contribution in [3.05, 3.63) is 47.2 Å². The van der Waals surface area contributed by atoms with E-state index in [2.05, 4.69) is 15.5 Å². The number of carboxylic acids is 1. The molecule has 2 rings (SSSR count). The van der Waals surface area contributed by atoms with Crippen molar-refractivity contribution < 1.29 is 14.7 Å². The van der Waals surface area contributed by atoms with Gasteiger partial charge < -0.3 is 10.4 Å². The summed E-state index contributed by atoms with van der Waals surface area (Å²) in [6.45, 7) is 4.00. The summed E-state index contributed by atoms with van der Waals surface area (Å²) in [5, 5.41) is 18.4. The normalized spacial score (nSPS) is 10.6. The van der Waals surface area contributed by atoms with Gasteiger partial charge in [0.2, 0.25) is 0 Å². The van der Waals surface area contributed by atoms with Gasteiger partial charge >= 0.3 is 5.97 Å². The highest BCUT2D eigenvalue weighted by Crippen LogP contribution is 2.16. The minimum atomic E-state index is -1.14. The molecule has 0 saturated carbocycles. The number of aromatic amines is 1. The van der Waals surface area contributed by atoms with Crippen molar-refractivity contribution >= 4 is 17.7 Å². The molecule has 0 aliphatic carbocycles. The molecule has 0 spiro atoms. The van der Waals surface area contributed by atoms with E-state index >= 15 is 0 Å². The maximum atomic E-state index is 12.1. The number of anilines is 1. The fourth-order valence-corrected chi connectivity index (χ4v) is 1.75. The third-order valence-electron chi connectivity index (χ3n) is 2.86. The van der Waals surface area contributed by atoms with E-state index in [0.29, 0.717) is 5.82 Å². The van der Waals surface area contributed by atoms with Crippen LogP contribution in [0.3, 0.4) is 0 Å². The predicted molar refractivity (Wildman–Crippen MR) is 74.0 cm³/mol. The first kappa shape index (κ1) is 13.8. The fraction of sp³-hybridized carbons (Fsp3) is 0.214. The molecule has 0 aliphatic heterocycles. The second-order valence-corrected chi connectivity index (χ2v) is 4.67. The van der Waals surface area contributed by atoms with Gasteiger partial charge in [-0.15, -0.1) is 0 Å². The molecule has 1 amide bonds. The summed E-state index contributed by atoms with van der Waals surface area (Å²) < 4.78 is 0. The Morgan fingerprint density at radius 1 is 1.25 bits per heavy atom. The van der Waals surface area contributed by atoms with E-state index in [1.165, 1.54) is 12.1 Å². The molecule has 20 heavy (non-hydrogen) atoms. The average molecular weight is 273 g/mol. The summed E-state index contributed by atoms with van der Waals surface area (Å²) in [5.74, 6) is -0.996. The Balaban J connectivity index is 2.22. The number of nitrogens with one attached hydrogen (secondary N) is 2. The summed E-state index contributed by atoms with van der Waals surface area (Å²) in [7, 11) is 0. The molecule has 1 heterocycles. The number of amides is 1. The smallest absolute Gasteiger partial charge is 0.336 e. The van der Waals surface area contributed by atoms with Crippen LogP contribution in [0, 0.1) is 0 Å². The lowest BCUT2D eigenvalue weighted by Crippen LogP contribution is -2.16. The van der Waals surface area contributed by atoms with Gasteiger partial charge in [0, 0.05) is 11.8 Å². The van der Waals surface area contributed by atoms with Crippen molar-refractivity contribution in [3.8, 4) is 0 Å². The summed E-state index contributed by atoms with van der Waals surface area (Å²) in [4.78, 5) is 23.2. The van der Waals surface area contributed by atoms with Gasteiger partial charge in [-0.3, -0.25) is 9.89 Å². The van der Waals surface area contributed by atoms with Crippen molar-refractivity contribution in [2.24, 2.45) is 0 Å². The van der Waals surface area contributed by atoms with Crippen LogP contribution in [0.25, 0.3) is 0 Å². The van der Waals surface area contributed by atoms with Crippen LogP contribution in [0.1, 0.15) is 46.2 Å². The number of carboxylic acid groups (broad SMARTS) is 1. The maximum Gasteiger partial charge on any atom is 0.336 e. The van der Waals surface area contributed by atoms with E-state index in [-0.39, 0.29) is 17.0 Å². The molecule has 2 aromatic rings.